The van der Waals surface area contributed by atoms with Gasteiger partial charge in [0.15, 0.2) is 9.84 Å². The zero-order chi connectivity index (χ0) is 16.2. The molecule has 0 bridgehead atoms. The summed E-state index contributed by atoms with van der Waals surface area (Å²) in [4.78, 5) is 24.9. The minimum absolute atomic E-state index is 0.0176. The summed E-state index contributed by atoms with van der Waals surface area (Å²) in [6.07, 6.45) is 0.471. The number of carboxylic acids is 1. The second-order valence-corrected chi connectivity index (χ2v) is 8.91. The molecule has 0 aromatic heterocycles. The van der Waals surface area contributed by atoms with E-state index in [-0.39, 0.29) is 35.1 Å². The number of carbonyl (C=O) groups excluding carboxylic acids is 1. The lowest BCUT2D eigenvalue weighted by atomic mass is 10.1. The largest absolute Gasteiger partial charge is 0.480 e. The molecule has 0 saturated carbocycles. The minimum atomic E-state index is -3.04. The van der Waals surface area contributed by atoms with Crippen molar-refractivity contribution < 1.29 is 23.1 Å². The third kappa shape index (κ3) is 5.18. The maximum Gasteiger partial charge on any atom is 0.316 e. The number of thioether (sulfide) groups is 1. The summed E-state index contributed by atoms with van der Waals surface area (Å²) in [6, 6.07) is -0.268. The van der Waals surface area contributed by atoms with Crippen molar-refractivity contribution in [2.45, 2.75) is 38.5 Å². The van der Waals surface area contributed by atoms with Gasteiger partial charge >= 0.3 is 5.97 Å². The van der Waals surface area contributed by atoms with E-state index in [1.165, 1.54) is 0 Å². The van der Waals surface area contributed by atoms with Gasteiger partial charge in [0.05, 0.1) is 17.3 Å². The molecule has 21 heavy (non-hydrogen) atoms. The van der Waals surface area contributed by atoms with Crippen molar-refractivity contribution in [1.82, 2.24) is 4.90 Å². The molecule has 8 heteroatoms. The van der Waals surface area contributed by atoms with E-state index in [1.807, 2.05) is 6.92 Å². The van der Waals surface area contributed by atoms with Crippen LogP contribution in [-0.2, 0) is 19.4 Å². The van der Waals surface area contributed by atoms with Gasteiger partial charge in [-0.15, -0.1) is 11.8 Å². The average Bonchev–Trinajstić information content (AvgIpc) is 2.69. The molecule has 0 aliphatic carbocycles. The molecule has 0 radical (unpaired) electrons. The van der Waals surface area contributed by atoms with Gasteiger partial charge in [0.2, 0.25) is 5.91 Å². The Labute approximate surface area is 130 Å². The van der Waals surface area contributed by atoms with Crippen molar-refractivity contribution in [3.63, 3.8) is 0 Å². The average molecular weight is 337 g/mol. The van der Waals surface area contributed by atoms with Gasteiger partial charge in [-0.05, 0) is 19.3 Å². The maximum absolute atomic E-state index is 12.2. The van der Waals surface area contributed by atoms with E-state index in [9.17, 15) is 18.0 Å². The first-order valence-corrected chi connectivity index (χ1v) is 9.89. The van der Waals surface area contributed by atoms with E-state index >= 15 is 0 Å². The van der Waals surface area contributed by atoms with E-state index < -0.39 is 21.1 Å². The van der Waals surface area contributed by atoms with Crippen molar-refractivity contribution in [3.05, 3.63) is 0 Å². The minimum Gasteiger partial charge on any atom is -0.480 e. The molecule has 2 unspecified atom stereocenters. The lowest BCUT2D eigenvalue weighted by molar-refractivity contribution is -0.137. The zero-order valence-corrected chi connectivity index (χ0v) is 14.2. The van der Waals surface area contributed by atoms with Crippen molar-refractivity contribution in [2.24, 2.45) is 5.92 Å². The second-order valence-electron chi connectivity index (χ2n) is 5.55. The van der Waals surface area contributed by atoms with Crippen molar-refractivity contribution >= 4 is 33.5 Å². The fraction of sp³-hybridized carbons (Fsp3) is 0.846. The summed E-state index contributed by atoms with van der Waals surface area (Å²) in [5.41, 5.74) is 0. The Morgan fingerprint density at radius 2 is 2.00 bits per heavy atom. The highest BCUT2D eigenvalue weighted by molar-refractivity contribution is 8.01. The monoisotopic (exact) mass is 337 g/mol. The second kappa shape index (κ2) is 7.49. The van der Waals surface area contributed by atoms with Crippen molar-refractivity contribution in [2.75, 3.05) is 23.8 Å². The van der Waals surface area contributed by atoms with E-state index in [4.69, 9.17) is 5.11 Å². The van der Waals surface area contributed by atoms with Crippen LogP contribution in [0.4, 0.5) is 0 Å². The molecule has 1 N–H and O–H groups in total. The van der Waals surface area contributed by atoms with Gasteiger partial charge in [-0.1, -0.05) is 13.8 Å². The number of carboxylic acid groups (broad SMARTS) is 1. The van der Waals surface area contributed by atoms with Crippen LogP contribution in [0, 0.1) is 5.92 Å². The molecular weight excluding hydrogens is 314 g/mol. The number of amides is 1. The number of nitrogens with zero attached hydrogens (tertiary/aromatic N) is 1. The molecule has 1 fully saturated rings. The number of sulfone groups is 1. The van der Waals surface area contributed by atoms with Crippen LogP contribution in [0.1, 0.15) is 27.2 Å². The predicted molar refractivity (Wildman–Crippen MR) is 83.2 cm³/mol. The molecule has 1 rings (SSSR count). The normalized spacial score (nSPS) is 22.2. The SMILES string of the molecule is CCN(C(=O)CSC(C(=O)O)C(C)C)C1CCS(=O)(=O)C1. The summed E-state index contributed by atoms with van der Waals surface area (Å²) < 4.78 is 23.0. The van der Waals surface area contributed by atoms with Gasteiger partial charge in [-0.25, -0.2) is 8.42 Å². The number of aliphatic carboxylic acids is 1. The van der Waals surface area contributed by atoms with Crippen LogP contribution in [-0.4, -0.2) is 65.4 Å². The molecule has 1 heterocycles. The zero-order valence-electron chi connectivity index (χ0n) is 12.6. The highest BCUT2D eigenvalue weighted by atomic mass is 32.2. The van der Waals surface area contributed by atoms with Crippen LogP contribution < -0.4 is 0 Å². The summed E-state index contributed by atoms with van der Waals surface area (Å²) >= 11 is 1.11. The first-order valence-electron chi connectivity index (χ1n) is 7.02. The topological polar surface area (TPSA) is 91.8 Å². The van der Waals surface area contributed by atoms with Gasteiger partial charge in [0.25, 0.3) is 0 Å². The first-order chi connectivity index (χ1) is 9.68. The number of hydrogen-bond acceptors (Lipinski definition) is 5. The van der Waals surface area contributed by atoms with Gasteiger partial charge in [-0.2, -0.15) is 0 Å². The van der Waals surface area contributed by atoms with Crippen LogP contribution >= 0.6 is 11.8 Å². The predicted octanol–water partition coefficient (Wildman–Crippen LogP) is 0.864. The summed E-state index contributed by atoms with van der Waals surface area (Å²) in [6.45, 7) is 5.86. The molecule has 1 amide bonds. The molecule has 1 aliphatic heterocycles. The molecule has 0 aromatic rings. The van der Waals surface area contributed by atoms with Crippen LogP contribution in [0.3, 0.4) is 0 Å². The molecular formula is C13H23NO5S2. The molecule has 1 saturated heterocycles. The molecule has 122 valence electrons. The summed E-state index contributed by atoms with van der Waals surface area (Å²) in [5, 5.41) is 8.48. The fourth-order valence-electron chi connectivity index (χ4n) is 2.45. The standard InChI is InChI=1S/C13H23NO5S2/c1-4-14(10-5-6-21(18,19)8-10)11(15)7-20-12(9(2)3)13(16)17/h9-10,12H,4-8H2,1-3H3,(H,16,17). The highest BCUT2D eigenvalue weighted by Gasteiger charge is 2.34. The summed E-state index contributed by atoms with van der Waals surface area (Å²) in [5.74, 6) is -0.963. The Morgan fingerprint density at radius 3 is 2.38 bits per heavy atom. The van der Waals surface area contributed by atoms with E-state index in [1.54, 1.807) is 18.7 Å². The Balaban J connectivity index is 2.62. The molecule has 0 spiro atoms. The maximum atomic E-state index is 12.2. The first kappa shape index (κ1) is 18.3. The van der Waals surface area contributed by atoms with Crippen LogP contribution in [0.25, 0.3) is 0 Å². The number of rotatable bonds is 7. The Kier molecular flexibility index (Phi) is 6.52. The third-order valence-electron chi connectivity index (χ3n) is 3.55. The Morgan fingerprint density at radius 1 is 1.38 bits per heavy atom. The lowest BCUT2D eigenvalue weighted by Gasteiger charge is -2.27. The fourth-order valence-corrected chi connectivity index (χ4v) is 5.20. The highest BCUT2D eigenvalue weighted by Crippen LogP contribution is 2.23. The smallest absolute Gasteiger partial charge is 0.316 e. The van der Waals surface area contributed by atoms with Gasteiger partial charge in [0, 0.05) is 12.6 Å². The number of hydrogen-bond donors (Lipinski definition) is 1. The quantitative estimate of drug-likeness (QED) is 0.741. The van der Waals surface area contributed by atoms with E-state index in [0.717, 1.165) is 11.8 Å². The van der Waals surface area contributed by atoms with Crippen LogP contribution in [0.5, 0.6) is 0 Å². The van der Waals surface area contributed by atoms with Gasteiger partial charge in [0.1, 0.15) is 5.25 Å². The Hall–Kier alpha value is -0.760. The van der Waals surface area contributed by atoms with Crippen molar-refractivity contribution in [1.29, 1.82) is 0 Å². The lowest BCUT2D eigenvalue weighted by Crippen LogP contribution is -2.42. The molecule has 0 aromatic carbocycles. The van der Waals surface area contributed by atoms with Crippen LogP contribution in [0.2, 0.25) is 0 Å². The molecule has 1 aliphatic rings. The van der Waals surface area contributed by atoms with Gasteiger partial charge in [-0.3, -0.25) is 9.59 Å². The van der Waals surface area contributed by atoms with Crippen LogP contribution in [0.15, 0.2) is 0 Å². The third-order valence-corrected chi connectivity index (χ3v) is 6.81. The molecule has 2 atom stereocenters. The summed E-state index contributed by atoms with van der Waals surface area (Å²) in [7, 11) is -3.04. The van der Waals surface area contributed by atoms with E-state index in [2.05, 4.69) is 0 Å². The van der Waals surface area contributed by atoms with Crippen molar-refractivity contribution in [3.8, 4) is 0 Å². The molecule has 6 nitrogen and oxygen atoms in total. The number of carbonyl (C=O) groups is 2. The van der Waals surface area contributed by atoms with Gasteiger partial charge < -0.3 is 10.0 Å². The Bertz CT molecular complexity index is 489. The van der Waals surface area contributed by atoms with E-state index in [0.29, 0.717) is 13.0 Å².